The summed E-state index contributed by atoms with van der Waals surface area (Å²) in [6.45, 7) is 2.14. The Kier molecular flexibility index (Phi) is 3.50. The summed E-state index contributed by atoms with van der Waals surface area (Å²) in [4.78, 5) is 12.9. The molecular formula is C10H18FN3O3. The Hall–Kier alpha value is -0.920. The fourth-order valence-corrected chi connectivity index (χ4v) is 2.23. The number of hydrogen-bond donors (Lipinski definition) is 3. The molecule has 0 bridgehead atoms. The fraction of sp³-hybridized carbons (Fsp3) is 0.900. The largest absolute Gasteiger partial charge is 0.387 e. The van der Waals surface area contributed by atoms with E-state index < -0.39 is 36.8 Å². The smallest absolute Gasteiger partial charge is 0.320 e. The normalized spacial score (nSPS) is 42.7. The Bertz CT molecular complexity index is 305. The van der Waals surface area contributed by atoms with Gasteiger partial charge in [-0.2, -0.15) is 0 Å². The molecule has 4 N–H and O–H groups in total. The maximum Gasteiger partial charge on any atom is 0.320 e. The van der Waals surface area contributed by atoms with Crippen LogP contribution in [0.1, 0.15) is 19.8 Å². The van der Waals surface area contributed by atoms with Gasteiger partial charge in [-0.05, 0) is 12.8 Å². The van der Waals surface area contributed by atoms with Crippen molar-refractivity contribution in [3.05, 3.63) is 0 Å². The average Bonchev–Trinajstić information content (AvgIpc) is 2.57. The van der Waals surface area contributed by atoms with Gasteiger partial charge >= 0.3 is 6.03 Å². The van der Waals surface area contributed by atoms with Crippen molar-refractivity contribution < 1.29 is 19.0 Å². The van der Waals surface area contributed by atoms with Crippen molar-refractivity contribution in [3.8, 4) is 0 Å². The lowest BCUT2D eigenvalue weighted by Gasteiger charge is -2.35. The molecule has 2 aliphatic rings. The molecule has 0 spiro atoms. The molecule has 1 unspecified atom stereocenters. The first-order valence-corrected chi connectivity index (χ1v) is 5.85. The number of aliphatic hydroxyl groups excluding tert-OH is 1. The molecule has 0 aromatic rings. The molecule has 0 radical (unpaired) electrons. The predicted octanol–water partition coefficient (Wildman–Crippen LogP) is -0.480. The monoisotopic (exact) mass is 246 g/mol. The van der Waals surface area contributed by atoms with Crippen LogP contribution in [0, 0.1) is 0 Å². The number of aliphatic hydroxyl groups is 1. The van der Waals surface area contributed by atoms with Crippen LogP contribution < -0.4 is 11.1 Å². The van der Waals surface area contributed by atoms with E-state index >= 15 is 0 Å². The molecule has 2 fully saturated rings. The van der Waals surface area contributed by atoms with Gasteiger partial charge in [0.15, 0.2) is 12.4 Å². The summed E-state index contributed by atoms with van der Waals surface area (Å²) in [5.74, 6) is 0. The Labute approximate surface area is 98.9 Å². The van der Waals surface area contributed by atoms with Gasteiger partial charge in [0.25, 0.3) is 0 Å². The van der Waals surface area contributed by atoms with Crippen LogP contribution in [0.25, 0.3) is 0 Å². The van der Waals surface area contributed by atoms with E-state index in [1.165, 1.54) is 4.90 Å². The number of ether oxygens (including phenoxy) is 1. The maximum atomic E-state index is 13.8. The standard InChI is InChI=1S/C10H18FN3O3/c1-2-5-8(15)7(11)9(17-5)14-4-3-6(12)13-10(14)16/h5-9,15H,2-4,12H2,1H3,(H,13,16)/t5-,6+,7-,8+,9?/m0/s1/i11-1. The first-order chi connectivity index (χ1) is 8.04. The van der Waals surface area contributed by atoms with Crippen LogP contribution in [0.3, 0.4) is 0 Å². The summed E-state index contributed by atoms with van der Waals surface area (Å²) in [5, 5.41) is 12.1. The summed E-state index contributed by atoms with van der Waals surface area (Å²) >= 11 is 0. The summed E-state index contributed by atoms with van der Waals surface area (Å²) in [5.41, 5.74) is 5.56. The van der Waals surface area contributed by atoms with Crippen molar-refractivity contribution in [1.82, 2.24) is 10.2 Å². The lowest BCUT2D eigenvalue weighted by molar-refractivity contribution is -0.0613. The quantitative estimate of drug-likeness (QED) is 0.614. The van der Waals surface area contributed by atoms with Gasteiger partial charge in [0.1, 0.15) is 6.10 Å². The minimum Gasteiger partial charge on any atom is -0.387 e. The highest BCUT2D eigenvalue weighted by Crippen LogP contribution is 2.29. The summed E-state index contributed by atoms with van der Waals surface area (Å²) in [6.07, 6.45) is -3.67. The van der Waals surface area contributed by atoms with Crippen LogP contribution >= 0.6 is 0 Å². The Morgan fingerprint density at radius 3 is 2.94 bits per heavy atom. The van der Waals surface area contributed by atoms with Crippen LogP contribution in [0.5, 0.6) is 0 Å². The van der Waals surface area contributed by atoms with E-state index in [0.29, 0.717) is 19.4 Å². The summed E-state index contributed by atoms with van der Waals surface area (Å²) in [6, 6.07) is -0.444. The molecule has 2 saturated heterocycles. The second-order valence-electron chi connectivity index (χ2n) is 4.45. The molecule has 5 atom stereocenters. The topological polar surface area (TPSA) is 87.8 Å². The molecule has 0 aromatic heterocycles. The van der Waals surface area contributed by atoms with Gasteiger partial charge in [0.2, 0.25) is 0 Å². The van der Waals surface area contributed by atoms with Gasteiger partial charge in [-0.1, -0.05) is 6.92 Å². The number of rotatable bonds is 2. The van der Waals surface area contributed by atoms with Crippen LogP contribution in [-0.2, 0) is 4.74 Å². The Balaban J connectivity index is 2.05. The number of nitrogens with two attached hydrogens (primary N) is 1. The highest BCUT2D eigenvalue weighted by Gasteiger charge is 2.48. The van der Waals surface area contributed by atoms with Gasteiger partial charge in [-0.25, -0.2) is 9.18 Å². The van der Waals surface area contributed by atoms with Gasteiger partial charge in [0, 0.05) is 6.54 Å². The predicted molar refractivity (Wildman–Crippen MR) is 57.7 cm³/mol. The number of alkyl halides is 1. The van der Waals surface area contributed by atoms with Crippen molar-refractivity contribution in [2.75, 3.05) is 6.54 Å². The Morgan fingerprint density at radius 2 is 2.41 bits per heavy atom. The fourth-order valence-electron chi connectivity index (χ4n) is 2.23. The number of amides is 2. The average molecular weight is 246 g/mol. The van der Waals surface area contributed by atoms with Gasteiger partial charge in [-0.3, -0.25) is 4.90 Å². The van der Waals surface area contributed by atoms with Gasteiger partial charge in [-0.15, -0.1) is 0 Å². The van der Waals surface area contributed by atoms with E-state index in [-0.39, 0.29) is 0 Å². The van der Waals surface area contributed by atoms with Crippen molar-refractivity contribution in [3.63, 3.8) is 0 Å². The lowest BCUT2D eigenvalue weighted by atomic mass is 10.1. The first kappa shape index (κ1) is 12.5. The van der Waals surface area contributed by atoms with E-state index in [4.69, 9.17) is 10.5 Å². The highest BCUT2D eigenvalue weighted by atomic mass is 18.2. The molecule has 7 heteroatoms. The number of carbonyl (C=O) groups is 1. The third-order valence-corrected chi connectivity index (χ3v) is 3.25. The second kappa shape index (κ2) is 4.75. The molecule has 2 amide bonds. The number of nitrogens with zero attached hydrogens (tertiary/aromatic N) is 1. The molecule has 6 nitrogen and oxygen atoms in total. The van der Waals surface area contributed by atoms with Crippen molar-refractivity contribution in [1.29, 1.82) is 0 Å². The maximum absolute atomic E-state index is 13.8. The first-order valence-electron chi connectivity index (χ1n) is 5.85. The van der Waals surface area contributed by atoms with E-state index in [9.17, 15) is 14.3 Å². The summed E-state index contributed by atoms with van der Waals surface area (Å²) in [7, 11) is 0. The van der Waals surface area contributed by atoms with Crippen molar-refractivity contribution in [2.45, 2.75) is 50.5 Å². The van der Waals surface area contributed by atoms with Crippen LogP contribution in [-0.4, -0.2) is 53.4 Å². The van der Waals surface area contributed by atoms with Gasteiger partial charge < -0.3 is 20.9 Å². The lowest BCUT2D eigenvalue weighted by Crippen LogP contribution is -2.59. The number of nitrogens with one attached hydrogen (secondary N) is 1. The van der Waals surface area contributed by atoms with E-state index in [1.54, 1.807) is 6.92 Å². The van der Waals surface area contributed by atoms with E-state index in [2.05, 4.69) is 5.32 Å². The van der Waals surface area contributed by atoms with Gasteiger partial charge in [0.05, 0.1) is 12.3 Å². The minimum absolute atomic E-state index is 0.335. The third-order valence-electron chi connectivity index (χ3n) is 3.25. The van der Waals surface area contributed by atoms with Crippen LogP contribution in [0.4, 0.5) is 9.18 Å². The summed E-state index contributed by atoms with van der Waals surface area (Å²) < 4.78 is 19.2. The second-order valence-corrected chi connectivity index (χ2v) is 4.45. The molecule has 17 heavy (non-hydrogen) atoms. The minimum atomic E-state index is -1.57. The molecule has 2 aliphatic heterocycles. The van der Waals surface area contributed by atoms with E-state index in [1.807, 2.05) is 0 Å². The molecular weight excluding hydrogens is 228 g/mol. The number of urea groups is 1. The zero-order valence-electron chi connectivity index (χ0n) is 9.67. The molecule has 0 aliphatic carbocycles. The van der Waals surface area contributed by atoms with Crippen LogP contribution in [0.15, 0.2) is 0 Å². The van der Waals surface area contributed by atoms with Crippen molar-refractivity contribution >= 4 is 6.03 Å². The third kappa shape index (κ3) is 2.22. The number of halogens is 1. The number of hydrogen-bond acceptors (Lipinski definition) is 4. The SMILES string of the molecule is CC[C@@H]1OC(N2CC[C@H](N)NC2=O)[C@@H]([18F])[C@@H]1O. The molecule has 2 heterocycles. The molecule has 2 rings (SSSR count). The highest BCUT2D eigenvalue weighted by molar-refractivity contribution is 5.75. The molecule has 0 aromatic carbocycles. The number of carbonyl (C=O) groups excluding carboxylic acids is 1. The van der Waals surface area contributed by atoms with Crippen molar-refractivity contribution in [2.24, 2.45) is 5.73 Å². The molecule has 98 valence electrons. The zero-order valence-corrected chi connectivity index (χ0v) is 9.67. The molecule has 0 saturated carbocycles. The van der Waals surface area contributed by atoms with E-state index in [0.717, 1.165) is 0 Å². The zero-order chi connectivity index (χ0) is 12.6. The Morgan fingerprint density at radius 1 is 1.71 bits per heavy atom. The van der Waals surface area contributed by atoms with Crippen LogP contribution in [0.2, 0.25) is 0 Å².